The van der Waals surface area contributed by atoms with Gasteiger partial charge < -0.3 is 0 Å². The molecule has 0 unspecified atom stereocenters. The molecule has 0 aliphatic rings. The van der Waals surface area contributed by atoms with Crippen LogP contribution in [0.15, 0.2) is 34.5 Å². The zero-order valence-electron chi connectivity index (χ0n) is 10.2. The highest BCUT2D eigenvalue weighted by atomic mass is 32.2. The fourth-order valence-electron chi connectivity index (χ4n) is 1.47. The molecule has 1 aromatic heterocycles. The summed E-state index contributed by atoms with van der Waals surface area (Å²) in [5.41, 5.74) is 0.706. The van der Waals surface area contributed by atoms with Crippen molar-refractivity contribution >= 4 is 18.0 Å². The minimum Gasteiger partial charge on any atom is -0.207 e. The van der Waals surface area contributed by atoms with Crippen molar-refractivity contribution in [2.45, 2.75) is 18.5 Å². The summed E-state index contributed by atoms with van der Waals surface area (Å²) in [6.07, 6.45) is 4.26. The molecule has 2 rings (SSSR count). The van der Waals surface area contributed by atoms with Crippen LogP contribution in [-0.4, -0.2) is 27.3 Å². The summed E-state index contributed by atoms with van der Waals surface area (Å²) in [5.74, 6) is 0.510. The van der Waals surface area contributed by atoms with Crippen LogP contribution in [0.1, 0.15) is 18.3 Å². The Morgan fingerprint density at radius 2 is 2.28 bits per heavy atom. The standard InChI is InChI=1S/C12H13FN4S/c1-3-11-15-16-12(18-2)17(11)14-8-9-5-4-6-10(13)7-9/h4-8H,3H2,1-2H3/b14-8-. The third-order valence-corrected chi connectivity index (χ3v) is 2.97. The molecule has 1 aromatic carbocycles. The molecule has 18 heavy (non-hydrogen) atoms. The van der Waals surface area contributed by atoms with Gasteiger partial charge in [-0.05, 0) is 24.0 Å². The molecule has 0 radical (unpaired) electrons. The van der Waals surface area contributed by atoms with Crippen LogP contribution in [0.2, 0.25) is 0 Å². The van der Waals surface area contributed by atoms with E-state index in [1.807, 2.05) is 13.2 Å². The first-order valence-corrected chi connectivity index (χ1v) is 6.75. The minimum atomic E-state index is -0.275. The van der Waals surface area contributed by atoms with Crippen molar-refractivity contribution in [2.24, 2.45) is 5.10 Å². The quantitative estimate of drug-likeness (QED) is 0.629. The zero-order valence-corrected chi connectivity index (χ0v) is 11.0. The number of benzene rings is 1. The molecule has 0 N–H and O–H groups in total. The van der Waals surface area contributed by atoms with E-state index in [2.05, 4.69) is 15.3 Å². The van der Waals surface area contributed by atoms with Crippen molar-refractivity contribution < 1.29 is 4.39 Å². The van der Waals surface area contributed by atoms with E-state index in [0.717, 1.165) is 17.4 Å². The van der Waals surface area contributed by atoms with Gasteiger partial charge in [0.05, 0.1) is 6.21 Å². The monoisotopic (exact) mass is 264 g/mol. The maximum Gasteiger partial charge on any atom is 0.211 e. The maximum absolute atomic E-state index is 13.0. The summed E-state index contributed by atoms with van der Waals surface area (Å²) in [5, 5.41) is 13.1. The Hall–Kier alpha value is -1.69. The normalized spacial score (nSPS) is 11.3. The van der Waals surface area contributed by atoms with E-state index in [1.54, 1.807) is 23.0 Å². The summed E-state index contributed by atoms with van der Waals surface area (Å²) >= 11 is 1.47. The average molecular weight is 264 g/mol. The number of hydrogen-bond donors (Lipinski definition) is 0. The number of nitrogens with zero attached hydrogens (tertiary/aromatic N) is 4. The van der Waals surface area contributed by atoms with Gasteiger partial charge >= 0.3 is 0 Å². The molecule has 0 atom stereocenters. The van der Waals surface area contributed by atoms with Gasteiger partial charge in [-0.2, -0.15) is 9.78 Å². The summed E-state index contributed by atoms with van der Waals surface area (Å²) in [4.78, 5) is 0. The van der Waals surface area contributed by atoms with Crippen molar-refractivity contribution in [3.63, 3.8) is 0 Å². The van der Waals surface area contributed by atoms with Crippen molar-refractivity contribution in [3.05, 3.63) is 41.5 Å². The topological polar surface area (TPSA) is 43.1 Å². The van der Waals surface area contributed by atoms with E-state index in [4.69, 9.17) is 0 Å². The van der Waals surface area contributed by atoms with E-state index in [1.165, 1.54) is 23.9 Å². The van der Waals surface area contributed by atoms with E-state index < -0.39 is 0 Å². The average Bonchev–Trinajstić information content (AvgIpc) is 2.78. The number of hydrogen-bond acceptors (Lipinski definition) is 4. The molecule has 0 spiro atoms. The molecular weight excluding hydrogens is 251 g/mol. The Bertz CT molecular complexity index is 543. The Balaban J connectivity index is 2.30. The van der Waals surface area contributed by atoms with Gasteiger partial charge in [-0.15, -0.1) is 10.2 Å². The zero-order chi connectivity index (χ0) is 13.0. The highest BCUT2D eigenvalue weighted by molar-refractivity contribution is 7.98. The Kier molecular flexibility index (Phi) is 4.09. The number of thioether (sulfide) groups is 1. The van der Waals surface area contributed by atoms with Crippen LogP contribution in [-0.2, 0) is 6.42 Å². The highest BCUT2D eigenvalue weighted by Crippen LogP contribution is 2.13. The van der Waals surface area contributed by atoms with Crippen LogP contribution in [0.25, 0.3) is 0 Å². The van der Waals surface area contributed by atoms with Gasteiger partial charge in [-0.1, -0.05) is 30.8 Å². The van der Waals surface area contributed by atoms with Crippen LogP contribution in [0.4, 0.5) is 4.39 Å². The largest absolute Gasteiger partial charge is 0.211 e. The van der Waals surface area contributed by atoms with Crippen LogP contribution in [0.3, 0.4) is 0 Å². The van der Waals surface area contributed by atoms with E-state index in [0.29, 0.717) is 5.56 Å². The van der Waals surface area contributed by atoms with Crippen molar-refractivity contribution in [1.82, 2.24) is 14.9 Å². The van der Waals surface area contributed by atoms with Gasteiger partial charge in [0.15, 0.2) is 5.82 Å². The first-order valence-electron chi connectivity index (χ1n) is 5.52. The number of aryl methyl sites for hydroxylation is 1. The maximum atomic E-state index is 13.0. The lowest BCUT2D eigenvalue weighted by Gasteiger charge is -2.00. The van der Waals surface area contributed by atoms with E-state index in [9.17, 15) is 4.39 Å². The molecule has 2 aromatic rings. The van der Waals surface area contributed by atoms with Gasteiger partial charge in [0, 0.05) is 6.42 Å². The Morgan fingerprint density at radius 3 is 2.94 bits per heavy atom. The fourth-order valence-corrected chi connectivity index (χ4v) is 1.92. The van der Waals surface area contributed by atoms with Gasteiger partial charge in [-0.25, -0.2) is 4.39 Å². The molecule has 0 bridgehead atoms. The smallest absolute Gasteiger partial charge is 0.207 e. The molecule has 0 saturated heterocycles. The molecule has 6 heteroatoms. The lowest BCUT2D eigenvalue weighted by molar-refractivity contribution is 0.627. The van der Waals surface area contributed by atoms with E-state index >= 15 is 0 Å². The molecule has 0 aliphatic heterocycles. The lowest BCUT2D eigenvalue weighted by Crippen LogP contribution is -1.98. The van der Waals surface area contributed by atoms with Crippen LogP contribution in [0, 0.1) is 5.82 Å². The first-order chi connectivity index (χ1) is 8.74. The van der Waals surface area contributed by atoms with Gasteiger partial charge in [0.25, 0.3) is 0 Å². The van der Waals surface area contributed by atoms with Crippen LogP contribution in [0.5, 0.6) is 0 Å². The van der Waals surface area contributed by atoms with E-state index in [-0.39, 0.29) is 5.82 Å². The Morgan fingerprint density at radius 1 is 1.44 bits per heavy atom. The highest BCUT2D eigenvalue weighted by Gasteiger charge is 2.07. The summed E-state index contributed by atoms with van der Waals surface area (Å²) < 4.78 is 14.7. The van der Waals surface area contributed by atoms with Gasteiger partial charge in [0.2, 0.25) is 5.16 Å². The number of aromatic nitrogens is 3. The minimum absolute atomic E-state index is 0.275. The van der Waals surface area contributed by atoms with Crippen molar-refractivity contribution in [1.29, 1.82) is 0 Å². The summed E-state index contributed by atoms with van der Waals surface area (Å²) in [6.45, 7) is 1.99. The first kappa shape index (κ1) is 12.8. The SMILES string of the molecule is CCc1nnc(SC)n1/N=C\c1cccc(F)c1. The number of rotatable bonds is 4. The Labute approximate surface area is 109 Å². The second-order valence-electron chi connectivity index (χ2n) is 3.57. The number of halogens is 1. The van der Waals surface area contributed by atoms with Crippen molar-refractivity contribution in [2.75, 3.05) is 6.26 Å². The van der Waals surface area contributed by atoms with Crippen LogP contribution >= 0.6 is 11.8 Å². The molecule has 1 heterocycles. The van der Waals surface area contributed by atoms with Crippen LogP contribution < -0.4 is 0 Å². The summed E-state index contributed by atoms with van der Waals surface area (Å²) in [6, 6.07) is 6.28. The third-order valence-electron chi connectivity index (χ3n) is 2.35. The molecule has 94 valence electrons. The second-order valence-corrected chi connectivity index (χ2v) is 4.34. The second kappa shape index (κ2) is 5.77. The molecule has 0 amide bonds. The predicted molar refractivity (Wildman–Crippen MR) is 70.6 cm³/mol. The molecular formula is C12H13FN4S. The van der Waals surface area contributed by atoms with Crippen molar-refractivity contribution in [3.8, 4) is 0 Å². The molecule has 0 aliphatic carbocycles. The van der Waals surface area contributed by atoms with Gasteiger partial charge in [-0.3, -0.25) is 0 Å². The molecule has 0 saturated carbocycles. The molecule has 4 nitrogen and oxygen atoms in total. The third kappa shape index (κ3) is 2.76. The van der Waals surface area contributed by atoms with Gasteiger partial charge in [0.1, 0.15) is 5.82 Å². The lowest BCUT2D eigenvalue weighted by atomic mass is 10.2. The summed E-state index contributed by atoms with van der Waals surface area (Å²) in [7, 11) is 0. The molecule has 0 fully saturated rings. The fraction of sp³-hybridized carbons (Fsp3) is 0.250. The predicted octanol–water partition coefficient (Wildman–Crippen LogP) is 2.58.